The van der Waals surface area contributed by atoms with Crippen molar-refractivity contribution in [2.45, 2.75) is 24.7 Å². The summed E-state index contributed by atoms with van der Waals surface area (Å²) in [4.78, 5) is 10.6. The van der Waals surface area contributed by atoms with Crippen LogP contribution < -0.4 is 10.5 Å². The Balaban J connectivity index is 2.89. The minimum atomic E-state index is -3.65. The maximum Gasteiger partial charge on any atom is 0.241 e. The highest BCUT2D eigenvalue weighted by molar-refractivity contribution is 7.89. The van der Waals surface area contributed by atoms with Crippen molar-refractivity contribution in [2.75, 3.05) is 6.54 Å². The predicted molar refractivity (Wildman–Crippen MR) is 64.9 cm³/mol. The fourth-order valence-electron chi connectivity index (χ4n) is 1.28. The van der Waals surface area contributed by atoms with E-state index in [1.165, 1.54) is 12.1 Å². The molecule has 0 saturated heterocycles. The number of hydrogen-bond donors (Lipinski definition) is 2. The number of nitrogens with one attached hydrogen (secondary N) is 1. The van der Waals surface area contributed by atoms with Gasteiger partial charge in [0.25, 0.3) is 0 Å². The zero-order valence-corrected chi connectivity index (χ0v) is 10.6. The third kappa shape index (κ3) is 3.83. The van der Waals surface area contributed by atoms with Gasteiger partial charge in [0.2, 0.25) is 15.9 Å². The van der Waals surface area contributed by atoms with Gasteiger partial charge >= 0.3 is 0 Å². The number of nitrogens with two attached hydrogens (primary N) is 1. The van der Waals surface area contributed by atoms with E-state index in [-0.39, 0.29) is 4.90 Å². The van der Waals surface area contributed by atoms with E-state index in [1.807, 2.05) is 13.8 Å². The van der Waals surface area contributed by atoms with Crippen LogP contribution in [0.1, 0.15) is 25.3 Å². The molecule has 0 atom stereocenters. The molecule has 1 amide bonds. The molecule has 3 N–H and O–H groups in total. The molecule has 94 valence electrons. The molecule has 0 unspecified atom stereocenters. The first-order valence-corrected chi connectivity index (χ1v) is 6.69. The summed E-state index contributed by atoms with van der Waals surface area (Å²) < 4.78 is 25.5. The molecule has 1 aromatic carbocycles. The zero-order chi connectivity index (χ0) is 13.1. The van der Waals surface area contributed by atoms with Gasteiger partial charge in [-0.3, -0.25) is 4.79 Å². The maximum absolute atomic E-state index is 11.7. The van der Waals surface area contributed by atoms with Crippen LogP contribution in [-0.2, 0) is 14.8 Å². The third-order valence-electron chi connectivity index (χ3n) is 2.29. The summed E-state index contributed by atoms with van der Waals surface area (Å²) in [5.74, 6) is -0.377. The number of benzene rings is 1. The van der Waals surface area contributed by atoms with Crippen molar-refractivity contribution in [1.29, 1.82) is 0 Å². The lowest BCUT2D eigenvalue weighted by atomic mass is 10.0. The molecule has 0 aliphatic heterocycles. The summed E-state index contributed by atoms with van der Waals surface area (Å²) >= 11 is 0. The van der Waals surface area contributed by atoms with E-state index < -0.39 is 22.5 Å². The average molecular weight is 256 g/mol. The highest BCUT2D eigenvalue weighted by atomic mass is 32.2. The number of primary amides is 1. The molecule has 0 saturated carbocycles. The first-order valence-electron chi connectivity index (χ1n) is 5.21. The number of hydrogen-bond acceptors (Lipinski definition) is 3. The molecular formula is C11H16N2O3S. The van der Waals surface area contributed by atoms with Crippen LogP contribution >= 0.6 is 0 Å². The quantitative estimate of drug-likeness (QED) is 0.807. The summed E-state index contributed by atoms with van der Waals surface area (Å²) in [6.07, 6.45) is 0. The van der Waals surface area contributed by atoms with Gasteiger partial charge in [-0.25, -0.2) is 13.1 Å². The summed E-state index contributed by atoms with van der Waals surface area (Å²) in [5.41, 5.74) is 5.93. The van der Waals surface area contributed by atoms with E-state index in [1.54, 1.807) is 12.1 Å². The van der Waals surface area contributed by atoms with E-state index in [4.69, 9.17) is 5.73 Å². The van der Waals surface area contributed by atoms with Crippen LogP contribution in [0.5, 0.6) is 0 Å². The smallest absolute Gasteiger partial charge is 0.241 e. The van der Waals surface area contributed by atoms with Gasteiger partial charge in [-0.15, -0.1) is 0 Å². The molecule has 0 aliphatic rings. The zero-order valence-electron chi connectivity index (χ0n) is 9.80. The van der Waals surface area contributed by atoms with Crippen molar-refractivity contribution in [1.82, 2.24) is 4.72 Å². The first-order chi connectivity index (χ1) is 7.83. The number of sulfonamides is 1. The Labute approximate surface area is 101 Å². The maximum atomic E-state index is 11.7. The van der Waals surface area contributed by atoms with E-state index in [0.717, 1.165) is 5.56 Å². The summed E-state index contributed by atoms with van der Waals surface area (Å²) in [5, 5.41) is 0. The van der Waals surface area contributed by atoms with Crippen molar-refractivity contribution in [3.8, 4) is 0 Å². The third-order valence-corrected chi connectivity index (χ3v) is 3.71. The number of amides is 1. The van der Waals surface area contributed by atoms with Crippen LogP contribution in [-0.4, -0.2) is 20.9 Å². The summed E-state index contributed by atoms with van der Waals surface area (Å²) in [6, 6.07) is 6.53. The van der Waals surface area contributed by atoms with Gasteiger partial charge in [-0.05, 0) is 23.6 Å². The van der Waals surface area contributed by atoms with Gasteiger partial charge in [-0.1, -0.05) is 26.0 Å². The predicted octanol–water partition coefficient (Wildman–Crippen LogP) is 0.574. The number of rotatable bonds is 5. The lowest BCUT2D eigenvalue weighted by Crippen LogP contribution is -2.33. The van der Waals surface area contributed by atoms with Gasteiger partial charge < -0.3 is 5.73 Å². The minimum absolute atomic E-state index is 0.128. The van der Waals surface area contributed by atoms with Gasteiger partial charge in [0.05, 0.1) is 11.4 Å². The molecular weight excluding hydrogens is 240 g/mol. The van der Waals surface area contributed by atoms with Crippen molar-refractivity contribution >= 4 is 15.9 Å². The fraction of sp³-hybridized carbons (Fsp3) is 0.364. The minimum Gasteiger partial charge on any atom is -0.369 e. The van der Waals surface area contributed by atoms with Gasteiger partial charge in [0, 0.05) is 0 Å². The lowest BCUT2D eigenvalue weighted by molar-refractivity contribution is -0.116. The SMILES string of the molecule is CC(C)c1ccc(S(=O)(=O)NCC(N)=O)cc1. The number of carbonyl (C=O) groups is 1. The van der Waals surface area contributed by atoms with Gasteiger partial charge in [0.1, 0.15) is 0 Å². The normalized spacial score (nSPS) is 11.7. The van der Waals surface area contributed by atoms with Crippen molar-refractivity contribution < 1.29 is 13.2 Å². The molecule has 5 nitrogen and oxygen atoms in total. The highest BCUT2D eigenvalue weighted by Gasteiger charge is 2.14. The largest absolute Gasteiger partial charge is 0.369 e. The van der Waals surface area contributed by atoms with Crippen LogP contribution in [0, 0.1) is 0 Å². The molecule has 0 aliphatic carbocycles. The Bertz CT molecular complexity index is 492. The second-order valence-corrected chi connectivity index (χ2v) is 5.78. The number of carbonyl (C=O) groups excluding carboxylic acids is 1. The van der Waals surface area contributed by atoms with Gasteiger partial charge in [-0.2, -0.15) is 0 Å². The van der Waals surface area contributed by atoms with Crippen LogP contribution in [0.15, 0.2) is 29.2 Å². The molecule has 6 heteroatoms. The Morgan fingerprint density at radius 2 is 1.82 bits per heavy atom. The van der Waals surface area contributed by atoms with Crippen molar-refractivity contribution in [2.24, 2.45) is 5.73 Å². The van der Waals surface area contributed by atoms with Crippen LogP contribution in [0.2, 0.25) is 0 Å². The van der Waals surface area contributed by atoms with Crippen LogP contribution in [0.4, 0.5) is 0 Å². The second-order valence-electron chi connectivity index (χ2n) is 4.01. The molecule has 0 spiro atoms. The molecule has 17 heavy (non-hydrogen) atoms. The topological polar surface area (TPSA) is 89.3 Å². The van der Waals surface area contributed by atoms with E-state index in [9.17, 15) is 13.2 Å². The van der Waals surface area contributed by atoms with Crippen LogP contribution in [0.3, 0.4) is 0 Å². The Morgan fingerprint density at radius 3 is 2.24 bits per heavy atom. The molecule has 0 aromatic heterocycles. The summed E-state index contributed by atoms with van der Waals surface area (Å²) in [7, 11) is -3.65. The van der Waals surface area contributed by atoms with Crippen molar-refractivity contribution in [3.05, 3.63) is 29.8 Å². The Hall–Kier alpha value is -1.40. The fourth-order valence-corrected chi connectivity index (χ4v) is 2.27. The standard InChI is InChI=1S/C11H16N2O3S/c1-8(2)9-3-5-10(6-4-9)17(15,16)13-7-11(12)14/h3-6,8,13H,7H2,1-2H3,(H2,12,14). The molecule has 0 fully saturated rings. The first kappa shape index (κ1) is 13.7. The monoisotopic (exact) mass is 256 g/mol. The van der Waals surface area contributed by atoms with Crippen molar-refractivity contribution in [3.63, 3.8) is 0 Å². The van der Waals surface area contributed by atoms with Gasteiger partial charge in [0.15, 0.2) is 0 Å². The average Bonchev–Trinajstić information content (AvgIpc) is 2.27. The lowest BCUT2D eigenvalue weighted by Gasteiger charge is -2.08. The van der Waals surface area contributed by atoms with E-state index >= 15 is 0 Å². The Morgan fingerprint density at radius 1 is 1.29 bits per heavy atom. The molecule has 1 aromatic rings. The van der Waals surface area contributed by atoms with E-state index in [2.05, 4.69) is 4.72 Å². The highest BCUT2D eigenvalue weighted by Crippen LogP contribution is 2.16. The molecule has 1 rings (SSSR count). The Kier molecular flexibility index (Phi) is 4.25. The molecule has 0 bridgehead atoms. The summed E-state index contributed by atoms with van der Waals surface area (Å²) in [6.45, 7) is 3.65. The molecule has 0 heterocycles. The second kappa shape index (κ2) is 5.29. The van der Waals surface area contributed by atoms with E-state index in [0.29, 0.717) is 5.92 Å². The van der Waals surface area contributed by atoms with Crippen LogP contribution in [0.25, 0.3) is 0 Å². The molecule has 0 radical (unpaired) electrons.